The largest absolute Gasteiger partial charge is 0.508 e. The van der Waals surface area contributed by atoms with Crippen molar-refractivity contribution in [3.8, 4) is 11.5 Å². The molecule has 152 valence electrons. The molecule has 1 aliphatic rings. The maximum absolute atomic E-state index is 10.00. The lowest BCUT2D eigenvalue weighted by Crippen LogP contribution is -2.30. The van der Waals surface area contributed by atoms with Crippen LogP contribution >= 0.6 is 0 Å². The summed E-state index contributed by atoms with van der Waals surface area (Å²) in [5.41, 5.74) is 4.97. The third-order valence-electron chi connectivity index (χ3n) is 6.66. The molecule has 2 heteroatoms. The molecule has 0 aromatic heterocycles. The van der Waals surface area contributed by atoms with E-state index in [1.807, 2.05) is 24.3 Å². The van der Waals surface area contributed by atoms with Crippen molar-refractivity contribution in [2.24, 2.45) is 0 Å². The molecule has 0 heterocycles. The molecule has 1 aliphatic carbocycles. The minimum Gasteiger partial charge on any atom is -0.508 e. The smallest absolute Gasteiger partial charge is 0.115 e. The summed E-state index contributed by atoms with van der Waals surface area (Å²) in [4.78, 5) is 0. The van der Waals surface area contributed by atoms with Crippen molar-refractivity contribution < 1.29 is 10.2 Å². The topological polar surface area (TPSA) is 40.5 Å². The number of phenols is 2. The predicted molar refractivity (Wildman–Crippen MR) is 117 cm³/mol. The standard InChI is InChI=1S/C26H36O2/c1-20-18-22(27)12-14-24(20)26(25-15-13-23(28)19-21(25)2)16-10-8-6-4-3-5-7-9-11-17-26/h12-15,18-19,27-28H,3-11,16-17H2,1-2H3. The van der Waals surface area contributed by atoms with Gasteiger partial charge < -0.3 is 10.2 Å². The number of aromatic hydroxyl groups is 2. The van der Waals surface area contributed by atoms with Gasteiger partial charge in [-0.15, -0.1) is 0 Å². The summed E-state index contributed by atoms with van der Waals surface area (Å²) in [5, 5.41) is 20.0. The first kappa shape index (κ1) is 20.8. The monoisotopic (exact) mass is 380 g/mol. The van der Waals surface area contributed by atoms with E-state index in [1.165, 1.54) is 80.0 Å². The van der Waals surface area contributed by atoms with Crippen molar-refractivity contribution in [1.29, 1.82) is 0 Å². The Labute approximate surface area is 170 Å². The molecular weight excluding hydrogens is 344 g/mol. The lowest BCUT2D eigenvalue weighted by atomic mass is 9.65. The van der Waals surface area contributed by atoms with Crippen LogP contribution < -0.4 is 0 Å². The van der Waals surface area contributed by atoms with Crippen LogP contribution in [0.25, 0.3) is 0 Å². The SMILES string of the molecule is Cc1cc(O)ccc1C1(c2ccc(O)cc2C)CCCCCCCCCCC1. The average molecular weight is 381 g/mol. The molecule has 0 spiro atoms. The van der Waals surface area contributed by atoms with Crippen LogP contribution in [-0.2, 0) is 5.41 Å². The van der Waals surface area contributed by atoms with Crippen molar-refractivity contribution in [2.45, 2.75) is 89.9 Å². The van der Waals surface area contributed by atoms with E-state index in [2.05, 4.69) is 26.0 Å². The van der Waals surface area contributed by atoms with Crippen LogP contribution in [0.1, 0.15) is 92.9 Å². The van der Waals surface area contributed by atoms with Crippen molar-refractivity contribution in [3.05, 3.63) is 58.7 Å². The molecule has 1 fully saturated rings. The van der Waals surface area contributed by atoms with E-state index in [0.717, 1.165) is 12.8 Å². The summed E-state index contributed by atoms with van der Waals surface area (Å²) in [7, 11) is 0. The first-order chi connectivity index (χ1) is 13.5. The number of phenolic OH excluding ortho intramolecular Hbond substituents is 2. The number of aryl methyl sites for hydroxylation is 2. The Kier molecular flexibility index (Phi) is 7.04. The van der Waals surface area contributed by atoms with Crippen molar-refractivity contribution in [1.82, 2.24) is 0 Å². The highest BCUT2D eigenvalue weighted by Gasteiger charge is 2.36. The average Bonchev–Trinajstić information content (AvgIpc) is 2.63. The highest BCUT2D eigenvalue weighted by atomic mass is 16.3. The minimum absolute atomic E-state index is 0.0469. The summed E-state index contributed by atoms with van der Waals surface area (Å²) in [6.45, 7) is 4.26. The Morgan fingerprint density at radius 1 is 0.571 bits per heavy atom. The Balaban J connectivity index is 2.09. The van der Waals surface area contributed by atoms with E-state index in [0.29, 0.717) is 11.5 Å². The van der Waals surface area contributed by atoms with Crippen LogP contribution in [0.15, 0.2) is 36.4 Å². The van der Waals surface area contributed by atoms with Crippen LogP contribution in [0.3, 0.4) is 0 Å². The summed E-state index contributed by atoms with van der Waals surface area (Å²) >= 11 is 0. The molecule has 1 saturated carbocycles. The highest BCUT2D eigenvalue weighted by molar-refractivity contribution is 5.49. The fraction of sp³-hybridized carbons (Fsp3) is 0.538. The molecule has 2 nitrogen and oxygen atoms in total. The highest BCUT2D eigenvalue weighted by Crippen LogP contribution is 2.46. The second-order valence-electron chi connectivity index (χ2n) is 8.76. The van der Waals surface area contributed by atoms with E-state index in [4.69, 9.17) is 0 Å². The lowest BCUT2D eigenvalue weighted by molar-refractivity contribution is 0.379. The van der Waals surface area contributed by atoms with E-state index in [-0.39, 0.29) is 5.41 Å². The van der Waals surface area contributed by atoms with Gasteiger partial charge in [0.05, 0.1) is 0 Å². The van der Waals surface area contributed by atoms with Crippen LogP contribution in [-0.4, -0.2) is 10.2 Å². The second kappa shape index (κ2) is 9.49. The molecule has 2 N–H and O–H groups in total. The summed E-state index contributed by atoms with van der Waals surface area (Å²) in [6, 6.07) is 11.8. The van der Waals surface area contributed by atoms with Gasteiger partial charge in [-0.05, 0) is 73.2 Å². The quantitative estimate of drug-likeness (QED) is 0.573. The van der Waals surface area contributed by atoms with Crippen molar-refractivity contribution >= 4 is 0 Å². The maximum atomic E-state index is 10.00. The molecular formula is C26H36O2. The fourth-order valence-electron chi connectivity index (χ4n) is 5.27. The zero-order valence-electron chi connectivity index (χ0n) is 17.6. The first-order valence-electron chi connectivity index (χ1n) is 11.1. The number of hydrogen-bond acceptors (Lipinski definition) is 2. The fourth-order valence-corrected chi connectivity index (χ4v) is 5.27. The van der Waals surface area contributed by atoms with E-state index >= 15 is 0 Å². The molecule has 0 unspecified atom stereocenters. The van der Waals surface area contributed by atoms with Crippen molar-refractivity contribution in [3.63, 3.8) is 0 Å². The molecule has 2 aromatic rings. The van der Waals surface area contributed by atoms with Gasteiger partial charge in [0.1, 0.15) is 11.5 Å². The normalized spacial score (nSPS) is 18.8. The van der Waals surface area contributed by atoms with Gasteiger partial charge in [-0.25, -0.2) is 0 Å². The van der Waals surface area contributed by atoms with Crippen LogP contribution in [0.4, 0.5) is 0 Å². The Hall–Kier alpha value is -1.96. The van der Waals surface area contributed by atoms with Gasteiger partial charge in [0.25, 0.3) is 0 Å². The van der Waals surface area contributed by atoms with Crippen LogP contribution in [0, 0.1) is 13.8 Å². The minimum atomic E-state index is -0.0469. The van der Waals surface area contributed by atoms with Gasteiger partial charge in [-0.3, -0.25) is 0 Å². The molecule has 0 amide bonds. The Morgan fingerprint density at radius 2 is 0.929 bits per heavy atom. The van der Waals surface area contributed by atoms with E-state index in [9.17, 15) is 10.2 Å². The Morgan fingerprint density at radius 3 is 1.29 bits per heavy atom. The first-order valence-corrected chi connectivity index (χ1v) is 11.1. The zero-order valence-corrected chi connectivity index (χ0v) is 17.6. The number of hydrogen-bond donors (Lipinski definition) is 2. The zero-order chi connectivity index (χ0) is 20.0. The summed E-state index contributed by atoms with van der Waals surface area (Å²) < 4.78 is 0. The third kappa shape index (κ3) is 4.71. The molecule has 2 aromatic carbocycles. The van der Waals surface area contributed by atoms with Gasteiger partial charge in [0, 0.05) is 5.41 Å². The van der Waals surface area contributed by atoms with E-state index < -0.39 is 0 Å². The maximum Gasteiger partial charge on any atom is 0.115 e. The molecule has 0 saturated heterocycles. The summed E-state index contributed by atoms with van der Waals surface area (Å²) in [6.07, 6.45) is 14.1. The lowest BCUT2D eigenvalue weighted by Gasteiger charge is -2.38. The van der Waals surface area contributed by atoms with Crippen LogP contribution in [0.2, 0.25) is 0 Å². The van der Waals surface area contributed by atoms with Crippen molar-refractivity contribution in [2.75, 3.05) is 0 Å². The third-order valence-corrected chi connectivity index (χ3v) is 6.66. The molecule has 0 radical (unpaired) electrons. The molecule has 0 bridgehead atoms. The van der Waals surface area contributed by atoms with Gasteiger partial charge in [-0.1, -0.05) is 69.9 Å². The van der Waals surface area contributed by atoms with Gasteiger partial charge in [0.2, 0.25) is 0 Å². The number of rotatable bonds is 2. The van der Waals surface area contributed by atoms with Crippen LogP contribution in [0.5, 0.6) is 11.5 Å². The second-order valence-corrected chi connectivity index (χ2v) is 8.76. The Bertz CT molecular complexity index is 712. The molecule has 3 rings (SSSR count). The van der Waals surface area contributed by atoms with E-state index in [1.54, 1.807) is 0 Å². The predicted octanol–water partition coefficient (Wildman–Crippen LogP) is 7.31. The van der Waals surface area contributed by atoms with Gasteiger partial charge in [-0.2, -0.15) is 0 Å². The molecule has 0 atom stereocenters. The van der Waals surface area contributed by atoms with Gasteiger partial charge in [0.15, 0.2) is 0 Å². The molecule has 0 aliphatic heterocycles. The number of benzene rings is 2. The molecule has 28 heavy (non-hydrogen) atoms. The van der Waals surface area contributed by atoms with Gasteiger partial charge >= 0.3 is 0 Å². The summed E-state index contributed by atoms with van der Waals surface area (Å²) in [5.74, 6) is 0.680.